The third kappa shape index (κ3) is 2.94. The first-order valence-corrected chi connectivity index (χ1v) is 7.50. The number of piperidine rings is 1. The molecule has 2 rings (SSSR count). The van der Waals surface area contributed by atoms with Gasteiger partial charge in [0.1, 0.15) is 6.26 Å². The first kappa shape index (κ1) is 12.7. The third-order valence-electron chi connectivity index (χ3n) is 3.31. The molecule has 17 heavy (non-hydrogen) atoms. The number of ether oxygens (including phenoxy) is 1. The Kier molecular flexibility index (Phi) is 4.31. The predicted molar refractivity (Wildman–Crippen MR) is 70.2 cm³/mol. The molecule has 0 spiro atoms. The molecule has 1 aromatic rings. The molecule has 1 fully saturated rings. The lowest BCUT2D eigenvalue weighted by molar-refractivity contribution is 0.399. The van der Waals surface area contributed by atoms with Crippen molar-refractivity contribution in [1.29, 1.82) is 0 Å². The molecule has 1 aliphatic heterocycles. The number of methoxy groups -OCH3 is 1. The summed E-state index contributed by atoms with van der Waals surface area (Å²) in [5, 5.41) is 3.36. The molecule has 1 N–H and O–H groups in total. The highest BCUT2D eigenvalue weighted by Crippen LogP contribution is 2.31. The number of nitrogens with one attached hydrogen (secondary N) is 1. The minimum absolute atomic E-state index is 0.601. The van der Waals surface area contributed by atoms with Gasteiger partial charge in [-0.1, -0.05) is 6.07 Å². The maximum Gasteiger partial charge on any atom is 0.194 e. The van der Waals surface area contributed by atoms with Gasteiger partial charge in [-0.25, -0.2) is 0 Å². The van der Waals surface area contributed by atoms with Crippen LogP contribution < -0.4 is 10.1 Å². The van der Waals surface area contributed by atoms with Crippen LogP contribution in [0.4, 0.5) is 0 Å². The van der Waals surface area contributed by atoms with Crippen molar-refractivity contribution in [2.45, 2.75) is 23.7 Å². The molecule has 0 radical (unpaired) electrons. The Bertz CT molecular complexity index is 376. The van der Waals surface area contributed by atoms with Gasteiger partial charge in [-0.05, 0) is 60.7 Å². The Labute approximate surface area is 106 Å². The summed E-state index contributed by atoms with van der Waals surface area (Å²) in [6, 6.07) is 6.08. The van der Waals surface area contributed by atoms with E-state index in [1.807, 2.05) is 12.1 Å². The zero-order valence-corrected chi connectivity index (χ0v) is 11.2. The molecule has 1 aromatic carbocycles. The van der Waals surface area contributed by atoms with Crippen LogP contribution in [0.2, 0.25) is 0 Å². The highest BCUT2D eigenvalue weighted by atomic mass is 32.2. The first-order valence-electron chi connectivity index (χ1n) is 5.94. The second kappa shape index (κ2) is 5.76. The Morgan fingerprint density at radius 1 is 1.35 bits per heavy atom. The van der Waals surface area contributed by atoms with Crippen LogP contribution >= 0.6 is 0 Å². The Morgan fingerprint density at radius 2 is 2.06 bits per heavy atom. The van der Waals surface area contributed by atoms with Crippen molar-refractivity contribution >= 4 is 11.2 Å². The van der Waals surface area contributed by atoms with E-state index >= 15 is 0 Å². The summed E-state index contributed by atoms with van der Waals surface area (Å²) in [5.74, 6) is 1.35. The van der Waals surface area contributed by atoms with Gasteiger partial charge in [-0.15, -0.1) is 0 Å². The normalized spacial score (nSPS) is 19.0. The molecule has 94 valence electrons. The van der Waals surface area contributed by atoms with Crippen LogP contribution in [-0.2, 0) is 11.2 Å². The van der Waals surface area contributed by atoms with Gasteiger partial charge in [0.25, 0.3) is 0 Å². The van der Waals surface area contributed by atoms with E-state index in [-0.39, 0.29) is 0 Å². The smallest absolute Gasteiger partial charge is 0.194 e. The second-order valence-corrected chi connectivity index (χ2v) is 5.74. The maximum absolute atomic E-state index is 11.5. The molecule has 0 aromatic heterocycles. The highest BCUT2D eigenvalue weighted by Gasteiger charge is 2.19. The lowest BCUT2D eigenvalue weighted by Crippen LogP contribution is -2.26. The largest absolute Gasteiger partial charge is 0.612 e. The molecule has 0 saturated carbocycles. The van der Waals surface area contributed by atoms with Crippen LogP contribution in [-0.4, -0.2) is 31.0 Å². The van der Waals surface area contributed by atoms with E-state index in [2.05, 4.69) is 11.4 Å². The Balaban J connectivity index is 2.24. The molecule has 0 aliphatic carbocycles. The molecule has 0 amide bonds. The van der Waals surface area contributed by atoms with Crippen LogP contribution in [0.3, 0.4) is 0 Å². The van der Waals surface area contributed by atoms with Crippen molar-refractivity contribution in [1.82, 2.24) is 5.32 Å². The number of rotatable bonds is 3. The van der Waals surface area contributed by atoms with E-state index in [0.29, 0.717) is 5.92 Å². The summed E-state index contributed by atoms with van der Waals surface area (Å²) < 4.78 is 16.9. The van der Waals surface area contributed by atoms with E-state index in [1.54, 1.807) is 13.4 Å². The number of hydrogen-bond donors (Lipinski definition) is 1. The summed E-state index contributed by atoms with van der Waals surface area (Å²) in [5.41, 5.74) is 1.30. The summed E-state index contributed by atoms with van der Waals surface area (Å²) in [4.78, 5) is 0.783. The maximum atomic E-state index is 11.5. The quantitative estimate of drug-likeness (QED) is 0.837. The minimum Gasteiger partial charge on any atom is -0.612 e. The fourth-order valence-electron chi connectivity index (χ4n) is 2.33. The van der Waals surface area contributed by atoms with Crippen LogP contribution in [0.15, 0.2) is 23.1 Å². The van der Waals surface area contributed by atoms with Crippen molar-refractivity contribution in [2.75, 3.05) is 26.5 Å². The molecule has 4 heteroatoms. The standard InChI is InChI=1S/C13H19NO2S/c1-16-12-9-11(3-4-13(12)17(2)15)10-5-7-14-8-6-10/h3-4,9-10,14H,5-8H2,1-2H3/t17-/m1/s1. The highest BCUT2D eigenvalue weighted by molar-refractivity contribution is 7.90. The van der Waals surface area contributed by atoms with Gasteiger partial charge in [0.15, 0.2) is 10.6 Å². The summed E-state index contributed by atoms with van der Waals surface area (Å²) in [7, 11) is 1.64. The Hall–Kier alpha value is -0.710. The summed E-state index contributed by atoms with van der Waals surface area (Å²) in [6.45, 7) is 2.16. The van der Waals surface area contributed by atoms with Gasteiger partial charge in [-0.2, -0.15) is 0 Å². The van der Waals surface area contributed by atoms with Gasteiger partial charge >= 0.3 is 0 Å². The second-order valence-electron chi connectivity index (χ2n) is 4.39. The minimum atomic E-state index is -0.991. The van der Waals surface area contributed by atoms with Crippen molar-refractivity contribution in [2.24, 2.45) is 0 Å². The van der Waals surface area contributed by atoms with Gasteiger partial charge in [0, 0.05) is 0 Å². The monoisotopic (exact) mass is 253 g/mol. The fourth-order valence-corrected chi connectivity index (χ4v) is 3.02. The van der Waals surface area contributed by atoms with Crippen LogP contribution in [0.1, 0.15) is 24.3 Å². The van der Waals surface area contributed by atoms with Crippen molar-refractivity contribution in [3.63, 3.8) is 0 Å². The molecular weight excluding hydrogens is 234 g/mol. The van der Waals surface area contributed by atoms with Crippen molar-refractivity contribution in [3.8, 4) is 5.75 Å². The SMILES string of the molecule is COc1cc(C2CCNCC2)ccc1[S@@+](C)[O-]. The van der Waals surface area contributed by atoms with E-state index in [4.69, 9.17) is 4.74 Å². The van der Waals surface area contributed by atoms with Gasteiger partial charge < -0.3 is 14.6 Å². The van der Waals surface area contributed by atoms with E-state index in [9.17, 15) is 4.55 Å². The van der Waals surface area contributed by atoms with E-state index in [1.165, 1.54) is 5.56 Å². The topological polar surface area (TPSA) is 44.3 Å². The molecule has 1 saturated heterocycles. The number of hydrogen-bond acceptors (Lipinski definition) is 3. The van der Waals surface area contributed by atoms with Gasteiger partial charge in [-0.3, -0.25) is 0 Å². The van der Waals surface area contributed by atoms with Crippen LogP contribution in [0.25, 0.3) is 0 Å². The van der Waals surface area contributed by atoms with Crippen molar-refractivity contribution < 1.29 is 9.29 Å². The average molecular weight is 253 g/mol. The molecule has 0 unspecified atom stereocenters. The molecule has 0 bridgehead atoms. The van der Waals surface area contributed by atoms with E-state index < -0.39 is 11.2 Å². The van der Waals surface area contributed by atoms with Gasteiger partial charge in [0.05, 0.1) is 7.11 Å². The molecular formula is C13H19NO2S. The average Bonchev–Trinajstić information content (AvgIpc) is 2.39. The molecule has 1 heterocycles. The van der Waals surface area contributed by atoms with Crippen LogP contribution in [0, 0.1) is 0 Å². The predicted octanol–water partition coefficient (Wildman–Crippen LogP) is 1.90. The molecule has 1 aliphatic rings. The molecule has 1 atom stereocenters. The molecule has 3 nitrogen and oxygen atoms in total. The van der Waals surface area contributed by atoms with Crippen LogP contribution in [0.5, 0.6) is 5.75 Å². The lowest BCUT2D eigenvalue weighted by atomic mass is 9.90. The summed E-state index contributed by atoms with van der Waals surface area (Å²) >= 11 is -0.991. The zero-order valence-electron chi connectivity index (χ0n) is 10.4. The fraction of sp³-hybridized carbons (Fsp3) is 0.538. The van der Waals surface area contributed by atoms with Gasteiger partial charge in [0.2, 0.25) is 0 Å². The summed E-state index contributed by atoms with van der Waals surface area (Å²) in [6.07, 6.45) is 4.01. The van der Waals surface area contributed by atoms with E-state index in [0.717, 1.165) is 36.6 Å². The number of benzene rings is 1. The lowest BCUT2D eigenvalue weighted by Gasteiger charge is -2.23. The zero-order chi connectivity index (χ0) is 12.3. The third-order valence-corrected chi connectivity index (χ3v) is 4.26. The Morgan fingerprint density at radius 3 is 2.65 bits per heavy atom. The van der Waals surface area contributed by atoms with Crippen molar-refractivity contribution in [3.05, 3.63) is 23.8 Å². The first-order chi connectivity index (χ1) is 8.22.